The van der Waals surface area contributed by atoms with Crippen LogP contribution in [-0.4, -0.2) is 13.4 Å². The van der Waals surface area contributed by atoms with Crippen LogP contribution in [0.4, 0.5) is 0 Å². The van der Waals surface area contributed by atoms with E-state index in [0.717, 1.165) is 28.5 Å². The van der Waals surface area contributed by atoms with Gasteiger partial charge in [-0.25, -0.2) is 0 Å². The first kappa shape index (κ1) is 12.2. The molecule has 2 nitrogen and oxygen atoms in total. The molecular formula is C12H15BrO2. The first-order valence-electron chi connectivity index (χ1n) is 4.77. The van der Waals surface area contributed by atoms with Gasteiger partial charge in [0.15, 0.2) is 0 Å². The number of rotatable bonds is 4. The summed E-state index contributed by atoms with van der Waals surface area (Å²) in [5, 5.41) is 0. The van der Waals surface area contributed by atoms with E-state index < -0.39 is 0 Å². The first-order valence-corrected chi connectivity index (χ1v) is 5.56. The van der Waals surface area contributed by atoms with E-state index in [-0.39, 0.29) is 5.41 Å². The van der Waals surface area contributed by atoms with Crippen LogP contribution in [-0.2, 0) is 11.2 Å². The molecule has 0 bridgehead atoms. The first-order chi connectivity index (χ1) is 6.98. The van der Waals surface area contributed by atoms with Crippen molar-refractivity contribution in [1.82, 2.24) is 0 Å². The summed E-state index contributed by atoms with van der Waals surface area (Å²) >= 11 is 3.47. The topological polar surface area (TPSA) is 26.3 Å². The van der Waals surface area contributed by atoms with E-state index in [0.29, 0.717) is 0 Å². The number of carbonyl (C=O) groups excluding carboxylic acids is 1. The van der Waals surface area contributed by atoms with Gasteiger partial charge in [0.1, 0.15) is 12.0 Å². The summed E-state index contributed by atoms with van der Waals surface area (Å²) in [5.74, 6) is 0.814. The van der Waals surface area contributed by atoms with Crippen molar-refractivity contribution in [1.29, 1.82) is 0 Å². The highest BCUT2D eigenvalue weighted by molar-refractivity contribution is 9.10. The van der Waals surface area contributed by atoms with Crippen molar-refractivity contribution in [3.63, 3.8) is 0 Å². The number of ether oxygens (including phenoxy) is 1. The van der Waals surface area contributed by atoms with Gasteiger partial charge < -0.3 is 9.53 Å². The van der Waals surface area contributed by atoms with E-state index in [4.69, 9.17) is 4.74 Å². The highest BCUT2D eigenvalue weighted by atomic mass is 79.9. The van der Waals surface area contributed by atoms with Crippen molar-refractivity contribution in [2.24, 2.45) is 5.41 Å². The molecule has 82 valence electrons. The highest BCUT2D eigenvalue weighted by Gasteiger charge is 2.18. The molecule has 15 heavy (non-hydrogen) atoms. The maximum atomic E-state index is 10.8. The maximum Gasteiger partial charge on any atom is 0.125 e. The lowest BCUT2D eigenvalue weighted by Gasteiger charge is -2.17. The van der Waals surface area contributed by atoms with Gasteiger partial charge in [-0.15, -0.1) is 0 Å². The van der Waals surface area contributed by atoms with Crippen molar-refractivity contribution in [3.05, 3.63) is 28.2 Å². The molecular weight excluding hydrogens is 256 g/mol. The number of benzene rings is 1. The second kappa shape index (κ2) is 4.79. The van der Waals surface area contributed by atoms with Crippen LogP contribution in [0.1, 0.15) is 19.4 Å². The van der Waals surface area contributed by atoms with Gasteiger partial charge in [0.05, 0.1) is 7.11 Å². The van der Waals surface area contributed by atoms with Crippen molar-refractivity contribution < 1.29 is 9.53 Å². The Labute approximate surface area is 98.8 Å². The fourth-order valence-electron chi connectivity index (χ4n) is 1.33. The van der Waals surface area contributed by atoms with Gasteiger partial charge in [-0.05, 0) is 24.1 Å². The van der Waals surface area contributed by atoms with Crippen molar-refractivity contribution in [3.8, 4) is 5.75 Å². The largest absolute Gasteiger partial charge is 0.497 e. The molecule has 0 heterocycles. The zero-order chi connectivity index (χ0) is 11.5. The Kier molecular flexibility index (Phi) is 3.91. The average molecular weight is 271 g/mol. The predicted molar refractivity (Wildman–Crippen MR) is 64.2 cm³/mol. The summed E-state index contributed by atoms with van der Waals surface area (Å²) in [4.78, 5) is 10.8. The quantitative estimate of drug-likeness (QED) is 0.786. The van der Waals surface area contributed by atoms with E-state index in [1.165, 1.54) is 0 Å². The average Bonchev–Trinajstić information content (AvgIpc) is 2.21. The molecule has 0 N–H and O–H groups in total. The molecule has 3 heteroatoms. The van der Waals surface area contributed by atoms with Crippen LogP contribution >= 0.6 is 15.9 Å². The van der Waals surface area contributed by atoms with Crippen LogP contribution in [0.5, 0.6) is 5.75 Å². The smallest absolute Gasteiger partial charge is 0.125 e. The number of carbonyl (C=O) groups is 1. The van der Waals surface area contributed by atoms with E-state index in [2.05, 4.69) is 15.9 Å². The molecule has 0 aliphatic heterocycles. The zero-order valence-electron chi connectivity index (χ0n) is 9.21. The third-order valence-corrected chi connectivity index (χ3v) is 2.96. The molecule has 0 unspecified atom stereocenters. The second-order valence-corrected chi connectivity index (χ2v) is 5.09. The van der Waals surface area contributed by atoms with E-state index >= 15 is 0 Å². The molecule has 0 aromatic heterocycles. The van der Waals surface area contributed by atoms with Crippen molar-refractivity contribution in [2.45, 2.75) is 20.3 Å². The Balaban J connectivity index is 2.92. The summed E-state index contributed by atoms with van der Waals surface area (Å²) in [5.41, 5.74) is 0.796. The lowest BCUT2D eigenvalue weighted by atomic mass is 9.87. The SMILES string of the molecule is COc1ccc(CC(C)(C)C=O)c(Br)c1. The van der Waals surface area contributed by atoms with Gasteiger partial charge >= 0.3 is 0 Å². The zero-order valence-corrected chi connectivity index (χ0v) is 10.8. The number of halogens is 1. The molecule has 0 fully saturated rings. The Hall–Kier alpha value is -0.830. The summed E-state index contributed by atoms with van der Waals surface area (Å²) in [6, 6.07) is 5.80. The fraction of sp³-hybridized carbons (Fsp3) is 0.417. The Morgan fingerprint density at radius 3 is 2.60 bits per heavy atom. The molecule has 0 atom stereocenters. The van der Waals surface area contributed by atoms with Crippen LogP contribution in [0.15, 0.2) is 22.7 Å². The van der Waals surface area contributed by atoms with Crippen molar-refractivity contribution in [2.75, 3.05) is 7.11 Å². The van der Waals surface area contributed by atoms with Crippen LogP contribution in [0.2, 0.25) is 0 Å². The minimum atomic E-state index is -0.322. The normalized spacial score (nSPS) is 11.2. The van der Waals surface area contributed by atoms with Gasteiger partial charge in [0.2, 0.25) is 0 Å². The van der Waals surface area contributed by atoms with Crippen LogP contribution in [0.25, 0.3) is 0 Å². The summed E-state index contributed by atoms with van der Waals surface area (Å²) in [7, 11) is 1.64. The number of methoxy groups -OCH3 is 1. The van der Waals surface area contributed by atoms with Gasteiger partial charge in [-0.2, -0.15) is 0 Å². The van der Waals surface area contributed by atoms with E-state index in [9.17, 15) is 4.79 Å². The molecule has 1 aromatic carbocycles. The third kappa shape index (κ3) is 3.34. The number of hydrogen-bond acceptors (Lipinski definition) is 2. The monoisotopic (exact) mass is 270 g/mol. The lowest BCUT2D eigenvalue weighted by Crippen LogP contribution is -2.16. The minimum Gasteiger partial charge on any atom is -0.497 e. The van der Waals surface area contributed by atoms with E-state index in [1.807, 2.05) is 32.0 Å². The van der Waals surface area contributed by atoms with Crippen molar-refractivity contribution >= 4 is 22.2 Å². The minimum absolute atomic E-state index is 0.322. The Morgan fingerprint density at radius 1 is 1.47 bits per heavy atom. The summed E-state index contributed by atoms with van der Waals surface area (Å²) in [6.45, 7) is 3.85. The lowest BCUT2D eigenvalue weighted by molar-refractivity contribution is -0.114. The highest BCUT2D eigenvalue weighted by Crippen LogP contribution is 2.28. The second-order valence-electron chi connectivity index (χ2n) is 4.24. The van der Waals surface area contributed by atoms with Crippen LogP contribution < -0.4 is 4.74 Å². The summed E-state index contributed by atoms with van der Waals surface area (Å²) < 4.78 is 6.09. The summed E-state index contributed by atoms with van der Waals surface area (Å²) in [6.07, 6.45) is 1.71. The van der Waals surface area contributed by atoms with Gasteiger partial charge in [-0.3, -0.25) is 0 Å². The standard InChI is InChI=1S/C12H15BrO2/c1-12(2,8-14)7-9-4-5-10(15-3)6-11(9)13/h4-6,8H,7H2,1-3H3. The molecule has 0 amide bonds. The number of aldehydes is 1. The van der Waals surface area contributed by atoms with Gasteiger partial charge in [-0.1, -0.05) is 35.8 Å². The predicted octanol–water partition coefficient (Wildman–Crippen LogP) is 3.23. The molecule has 1 aromatic rings. The van der Waals surface area contributed by atoms with Gasteiger partial charge in [0, 0.05) is 9.89 Å². The molecule has 0 aliphatic rings. The maximum absolute atomic E-state index is 10.8. The van der Waals surface area contributed by atoms with Crippen LogP contribution in [0, 0.1) is 5.41 Å². The molecule has 0 saturated heterocycles. The Morgan fingerprint density at radius 2 is 2.13 bits per heavy atom. The van der Waals surface area contributed by atoms with Gasteiger partial charge in [0.25, 0.3) is 0 Å². The van der Waals surface area contributed by atoms with E-state index in [1.54, 1.807) is 7.11 Å². The Bertz CT molecular complexity index is 359. The third-order valence-electron chi connectivity index (χ3n) is 2.23. The molecule has 0 radical (unpaired) electrons. The van der Waals surface area contributed by atoms with Crippen LogP contribution in [0.3, 0.4) is 0 Å². The molecule has 0 spiro atoms. The molecule has 1 rings (SSSR count). The fourth-order valence-corrected chi connectivity index (χ4v) is 1.83. The molecule has 0 saturated carbocycles. The molecule has 0 aliphatic carbocycles. The number of hydrogen-bond donors (Lipinski definition) is 0.